The number of amides is 1. The number of aryl methyl sites for hydroxylation is 1. The van der Waals surface area contributed by atoms with Crippen molar-refractivity contribution in [1.82, 2.24) is 14.9 Å². The van der Waals surface area contributed by atoms with Gasteiger partial charge in [-0.15, -0.1) is 5.10 Å². The highest BCUT2D eigenvalue weighted by Crippen LogP contribution is 2.10. The van der Waals surface area contributed by atoms with Crippen molar-refractivity contribution in [2.24, 2.45) is 5.73 Å². The van der Waals surface area contributed by atoms with Gasteiger partial charge in [0, 0.05) is 13.1 Å². The van der Waals surface area contributed by atoms with Crippen molar-refractivity contribution in [1.29, 1.82) is 0 Å². The van der Waals surface area contributed by atoms with Gasteiger partial charge in [0.25, 0.3) is 5.91 Å². The number of carbonyl (C=O) groups is 1. The van der Waals surface area contributed by atoms with Crippen LogP contribution in [0.1, 0.15) is 22.3 Å². The van der Waals surface area contributed by atoms with E-state index in [2.05, 4.69) is 14.9 Å². The fourth-order valence-corrected chi connectivity index (χ4v) is 1.69. The molecule has 0 aliphatic heterocycles. The van der Waals surface area contributed by atoms with Gasteiger partial charge in [-0.25, -0.2) is 0 Å². The molecule has 1 aromatic rings. The molecule has 1 amide bonds. The number of carbonyl (C=O) groups excluding carboxylic acids is 1. The Bertz CT molecular complexity index is 348. The van der Waals surface area contributed by atoms with Gasteiger partial charge in [-0.2, -0.15) is 0 Å². The zero-order valence-corrected chi connectivity index (χ0v) is 9.38. The lowest BCUT2D eigenvalue weighted by Gasteiger charge is -1.99. The molecular weight excluding hydrogens is 212 g/mol. The lowest BCUT2D eigenvalue weighted by Crippen LogP contribution is -2.23. The quantitative estimate of drug-likeness (QED) is 0.710. The molecule has 5 nitrogen and oxygen atoms in total. The van der Waals surface area contributed by atoms with Crippen LogP contribution < -0.4 is 11.1 Å². The van der Waals surface area contributed by atoms with Crippen LogP contribution in [0.2, 0.25) is 0 Å². The van der Waals surface area contributed by atoms with Gasteiger partial charge in [-0.05, 0) is 18.0 Å². The molecule has 0 bridgehead atoms. The number of hydrogen-bond acceptors (Lipinski definition) is 5. The first-order chi connectivity index (χ1) is 7.29. The molecule has 82 valence electrons. The third-order valence-electron chi connectivity index (χ3n) is 1.78. The van der Waals surface area contributed by atoms with Crippen molar-refractivity contribution in [3.05, 3.63) is 22.7 Å². The maximum atomic E-state index is 11.6. The van der Waals surface area contributed by atoms with Crippen LogP contribution in [-0.2, 0) is 6.42 Å². The Kier molecular flexibility index (Phi) is 4.92. The molecule has 0 aliphatic rings. The van der Waals surface area contributed by atoms with Crippen molar-refractivity contribution in [3.63, 3.8) is 0 Å². The van der Waals surface area contributed by atoms with E-state index in [0.29, 0.717) is 18.0 Å². The Morgan fingerprint density at radius 1 is 1.60 bits per heavy atom. The van der Waals surface area contributed by atoms with Gasteiger partial charge in [-0.1, -0.05) is 23.6 Å². The van der Waals surface area contributed by atoms with Gasteiger partial charge in [0.05, 0.1) is 5.69 Å². The molecule has 0 saturated heterocycles. The molecule has 1 rings (SSSR count). The minimum absolute atomic E-state index is 0.122. The summed E-state index contributed by atoms with van der Waals surface area (Å²) in [7, 11) is 0. The van der Waals surface area contributed by atoms with E-state index in [1.807, 2.05) is 13.0 Å². The zero-order valence-electron chi connectivity index (χ0n) is 8.56. The lowest BCUT2D eigenvalue weighted by molar-refractivity contribution is 0.0961. The summed E-state index contributed by atoms with van der Waals surface area (Å²) < 4.78 is 3.75. The Morgan fingerprint density at radius 3 is 3.07 bits per heavy atom. The van der Waals surface area contributed by atoms with Crippen LogP contribution in [0.15, 0.2) is 12.2 Å². The molecule has 0 radical (unpaired) electrons. The van der Waals surface area contributed by atoms with E-state index in [-0.39, 0.29) is 5.91 Å². The van der Waals surface area contributed by atoms with Gasteiger partial charge in [0.1, 0.15) is 4.88 Å². The summed E-state index contributed by atoms with van der Waals surface area (Å²) in [5.74, 6) is -0.122. The maximum absolute atomic E-state index is 11.6. The summed E-state index contributed by atoms with van der Waals surface area (Å²) in [4.78, 5) is 12.2. The summed E-state index contributed by atoms with van der Waals surface area (Å²) in [6.45, 7) is 2.91. The summed E-state index contributed by atoms with van der Waals surface area (Å²) in [6, 6.07) is 0. The fraction of sp³-hybridized carbons (Fsp3) is 0.444. The normalized spacial score (nSPS) is 10.8. The standard InChI is InChI=1S/C9H14N4OS/c1-2-7-8(15-13-12-7)9(14)11-6-4-3-5-10/h3-4H,2,5-6,10H2,1H3,(H,11,14)/b4-3+. The average Bonchev–Trinajstić information content (AvgIpc) is 2.72. The molecule has 0 aromatic carbocycles. The van der Waals surface area contributed by atoms with Gasteiger partial charge in [-0.3, -0.25) is 4.79 Å². The van der Waals surface area contributed by atoms with E-state index in [1.54, 1.807) is 6.08 Å². The van der Waals surface area contributed by atoms with E-state index in [0.717, 1.165) is 23.6 Å². The van der Waals surface area contributed by atoms with Crippen molar-refractivity contribution >= 4 is 17.4 Å². The molecule has 6 heteroatoms. The van der Waals surface area contributed by atoms with Crippen LogP contribution in [0, 0.1) is 0 Å². The number of hydrogen-bond donors (Lipinski definition) is 2. The monoisotopic (exact) mass is 226 g/mol. The number of aromatic nitrogens is 2. The minimum atomic E-state index is -0.122. The summed E-state index contributed by atoms with van der Waals surface area (Å²) >= 11 is 1.12. The van der Waals surface area contributed by atoms with E-state index in [9.17, 15) is 4.79 Å². The fourth-order valence-electron chi connectivity index (χ4n) is 1.02. The van der Waals surface area contributed by atoms with Gasteiger partial charge in [0.15, 0.2) is 0 Å². The molecule has 0 atom stereocenters. The largest absolute Gasteiger partial charge is 0.348 e. The van der Waals surface area contributed by atoms with Crippen LogP contribution in [0.4, 0.5) is 0 Å². The molecule has 1 aromatic heterocycles. The number of nitrogens with zero attached hydrogens (tertiary/aromatic N) is 2. The van der Waals surface area contributed by atoms with Crippen LogP contribution >= 0.6 is 11.5 Å². The smallest absolute Gasteiger partial charge is 0.265 e. The van der Waals surface area contributed by atoms with Gasteiger partial charge in [0.2, 0.25) is 0 Å². The zero-order chi connectivity index (χ0) is 11.1. The maximum Gasteiger partial charge on any atom is 0.265 e. The first-order valence-corrected chi connectivity index (χ1v) is 5.51. The molecule has 0 fully saturated rings. The molecule has 0 unspecified atom stereocenters. The number of nitrogens with two attached hydrogens (primary N) is 1. The lowest BCUT2D eigenvalue weighted by atomic mass is 10.3. The van der Waals surface area contributed by atoms with Gasteiger partial charge >= 0.3 is 0 Å². The molecule has 0 saturated carbocycles. The first kappa shape index (κ1) is 11.8. The van der Waals surface area contributed by atoms with Crippen LogP contribution in [0.25, 0.3) is 0 Å². The molecule has 0 aliphatic carbocycles. The van der Waals surface area contributed by atoms with Crippen LogP contribution in [0.3, 0.4) is 0 Å². The Balaban J connectivity index is 2.50. The van der Waals surface area contributed by atoms with Crippen LogP contribution in [0.5, 0.6) is 0 Å². The SMILES string of the molecule is CCc1nnsc1C(=O)NC/C=C/CN. The van der Waals surface area contributed by atoms with E-state index >= 15 is 0 Å². The van der Waals surface area contributed by atoms with E-state index < -0.39 is 0 Å². The predicted molar refractivity (Wildman–Crippen MR) is 59.8 cm³/mol. The highest BCUT2D eigenvalue weighted by Gasteiger charge is 2.13. The number of nitrogens with one attached hydrogen (secondary N) is 1. The highest BCUT2D eigenvalue weighted by molar-refractivity contribution is 7.08. The number of rotatable bonds is 5. The van der Waals surface area contributed by atoms with Crippen molar-refractivity contribution in [3.8, 4) is 0 Å². The first-order valence-electron chi connectivity index (χ1n) is 4.74. The van der Waals surface area contributed by atoms with Gasteiger partial charge < -0.3 is 11.1 Å². The topological polar surface area (TPSA) is 80.9 Å². The van der Waals surface area contributed by atoms with E-state index in [1.165, 1.54) is 0 Å². The Labute approximate surface area is 92.5 Å². The second-order valence-corrected chi connectivity index (χ2v) is 3.57. The van der Waals surface area contributed by atoms with Crippen molar-refractivity contribution < 1.29 is 4.79 Å². The Morgan fingerprint density at radius 2 is 2.40 bits per heavy atom. The molecule has 3 N–H and O–H groups in total. The molecular formula is C9H14N4OS. The average molecular weight is 226 g/mol. The van der Waals surface area contributed by atoms with E-state index in [4.69, 9.17) is 5.73 Å². The summed E-state index contributed by atoms with van der Waals surface area (Å²) in [6.07, 6.45) is 4.34. The van der Waals surface area contributed by atoms with Crippen molar-refractivity contribution in [2.45, 2.75) is 13.3 Å². The third kappa shape index (κ3) is 3.41. The summed E-state index contributed by atoms with van der Waals surface area (Å²) in [5, 5.41) is 6.61. The summed E-state index contributed by atoms with van der Waals surface area (Å²) in [5.41, 5.74) is 6.02. The van der Waals surface area contributed by atoms with Crippen LogP contribution in [-0.4, -0.2) is 28.6 Å². The third-order valence-corrected chi connectivity index (χ3v) is 2.55. The molecule has 1 heterocycles. The molecule has 0 spiro atoms. The van der Waals surface area contributed by atoms with Crippen molar-refractivity contribution in [2.75, 3.05) is 13.1 Å². The Hall–Kier alpha value is -1.27. The predicted octanol–water partition coefficient (Wildman–Crippen LogP) is 0.345. The highest BCUT2D eigenvalue weighted by atomic mass is 32.1. The second kappa shape index (κ2) is 6.26. The minimum Gasteiger partial charge on any atom is -0.348 e. The second-order valence-electron chi connectivity index (χ2n) is 2.82. The molecule has 15 heavy (non-hydrogen) atoms.